The minimum absolute atomic E-state index is 0.0382. The van der Waals surface area contributed by atoms with E-state index in [0.717, 1.165) is 32.6 Å². The van der Waals surface area contributed by atoms with E-state index in [1.54, 1.807) is 0 Å². The molecule has 0 N–H and O–H groups in total. The fourth-order valence-corrected chi connectivity index (χ4v) is 2.45. The Kier molecular flexibility index (Phi) is 10.7. The third-order valence-electron chi connectivity index (χ3n) is 3.91. The average molecular weight is 315 g/mol. The van der Waals surface area contributed by atoms with Crippen molar-refractivity contribution in [1.82, 2.24) is 4.90 Å². The van der Waals surface area contributed by atoms with Gasteiger partial charge in [0, 0.05) is 19.1 Å². The maximum absolute atomic E-state index is 11.0. The van der Waals surface area contributed by atoms with Gasteiger partial charge in [-0.1, -0.05) is 32.6 Å². The summed E-state index contributed by atoms with van der Waals surface area (Å²) in [4.78, 5) is 13.2. The summed E-state index contributed by atoms with van der Waals surface area (Å²) < 4.78 is 16.4. The number of unbranched alkanes of at least 4 members (excludes halogenated alkanes) is 4. The molecule has 0 amide bonds. The maximum Gasteiger partial charge on any atom is 0.184 e. The van der Waals surface area contributed by atoms with Crippen molar-refractivity contribution in [3.63, 3.8) is 0 Å². The smallest absolute Gasteiger partial charge is 0.184 e. The van der Waals surface area contributed by atoms with Crippen LogP contribution in [0, 0.1) is 5.92 Å². The van der Waals surface area contributed by atoms with E-state index in [1.807, 2.05) is 0 Å². The van der Waals surface area contributed by atoms with Gasteiger partial charge in [0.15, 0.2) is 12.1 Å². The van der Waals surface area contributed by atoms with E-state index >= 15 is 0 Å². The van der Waals surface area contributed by atoms with E-state index in [1.165, 1.54) is 25.7 Å². The van der Waals surface area contributed by atoms with Crippen molar-refractivity contribution in [2.75, 3.05) is 47.1 Å². The number of rotatable bonds is 12. The zero-order chi connectivity index (χ0) is 16.2. The minimum Gasteiger partial charge on any atom is -0.380 e. The van der Waals surface area contributed by atoms with Crippen LogP contribution in [0.5, 0.6) is 0 Å². The Morgan fingerprint density at radius 2 is 1.73 bits per heavy atom. The van der Waals surface area contributed by atoms with Gasteiger partial charge in [0.1, 0.15) is 13.2 Å². The van der Waals surface area contributed by atoms with Crippen molar-refractivity contribution >= 4 is 5.78 Å². The highest BCUT2D eigenvalue weighted by Crippen LogP contribution is 2.19. The molecule has 0 saturated carbocycles. The molecule has 1 saturated heterocycles. The molecule has 22 heavy (non-hydrogen) atoms. The summed E-state index contributed by atoms with van der Waals surface area (Å²) in [7, 11) is 4.12. The van der Waals surface area contributed by atoms with Gasteiger partial charge in [0.2, 0.25) is 0 Å². The highest BCUT2D eigenvalue weighted by Gasteiger charge is 2.24. The van der Waals surface area contributed by atoms with Gasteiger partial charge in [-0.2, -0.15) is 0 Å². The normalized spacial score (nSPS) is 18.1. The number of ether oxygens (including phenoxy) is 3. The SMILES string of the molecule is CC(CCCCCCCOCCN(C)C)C1OCC(=O)CO1. The molecule has 1 aliphatic rings. The van der Waals surface area contributed by atoms with Crippen LogP contribution in [0.3, 0.4) is 0 Å². The molecule has 0 spiro atoms. The average Bonchev–Trinajstić information content (AvgIpc) is 2.49. The fraction of sp³-hybridized carbons (Fsp3) is 0.941. The van der Waals surface area contributed by atoms with Crippen molar-refractivity contribution in [3.05, 3.63) is 0 Å². The predicted octanol–water partition coefficient (Wildman–Crippen LogP) is 2.48. The van der Waals surface area contributed by atoms with Gasteiger partial charge >= 0.3 is 0 Å². The molecule has 130 valence electrons. The number of likely N-dealkylation sites (N-methyl/N-ethyl adjacent to an activating group) is 1. The first-order chi connectivity index (χ1) is 10.6. The number of carbonyl (C=O) groups excluding carboxylic acids is 1. The van der Waals surface area contributed by atoms with E-state index in [-0.39, 0.29) is 25.3 Å². The number of carbonyl (C=O) groups is 1. The molecule has 0 bridgehead atoms. The maximum atomic E-state index is 11.0. The second-order valence-corrected chi connectivity index (χ2v) is 6.48. The van der Waals surface area contributed by atoms with Gasteiger partial charge in [-0.3, -0.25) is 4.79 Å². The summed E-state index contributed by atoms with van der Waals surface area (Å²) in [5.74, 6) is 0.402. The van der Waals surface area contributed by atoms with Crippen LogP contribution in [-0.2, 0) is 19.0 Å². The number of nitrogens with zero attached hydrogens (tertiary/aromatic N) is 1. The van der Waals surface area contributed by atoms with Crippen LogP contribution in [0.4, 0.5) is 0 Å². The van der Waals surface area contributed by atoms with Crippen molar-refractivity contribution in [3.8, 4) is 0 Å². The summed E-state index contributed by atoms with van der Waals surface area (Å²) >= 11 is 0. The Hall–Kier alpha value is -0.490. The van der Waals surface area contributed by atoms with Gasteiger partial charge in [-0.25, -0.2) is 0 Å². The molecule has 1 aliphatic heterocycles. The lowest BCUT2D eigenvalue weighted by Gasteiger charge is -2.27. The minimum atomic E-state index is -0.192. The molecule has 0 aromatic heterocycles. The lowest BCUT2D eigenvalue weighted by Crippen LogP contribution is -2.36. The van der Waals surface area contributed by atoms with Crippen molar-refractivity contribution < 1.29 is 19.0 Å². The molecule has 1 atom stereocenters. The molecule has 1 heterocycles. The Bertz CT molecular complexity index is 286. The van der Waals surface area contributed by atoms with Gasteiger partial charge in [-0.15, -0.1) is 0 Å². The van der Waals surface area contributed by atoms with E-state index in [9.17, 15) is 4.79 Å². The Balaban J connectivity index is 1.85. The monoisotopic (exact) mass is 315 g/mol. The van der Waals surface area contributed by atoms with E-state index < -0.39 is 0 Å². The second kappa shape index (κ2) is 12.0. The molecule has 5 nitrogen and oxygen atoms in total. The number of hydrogen-bond acceptors (Lipinski definition) is 5. The Morgan fingerprint density at radius 1 is 1.09 bits per heavy atom. The topological polar surface area (TPSA) is 48.0 Å². The van der Waals surface area contributed by atoms with Gasteiger partial charge < -0.3 is 19.1 Å². The van der Waals surface area contributed by atoms with Crippen LogP contribution in [-0.4, -0.2) is 64.0 Å². The quantitative estimate of drug-likeness (QED) is 0.518. The summed E-state index contributed by atoms with van der Waals surface area (Å²) in [5.41, 5.74) is 0. The van der Waals surface area contributed by atoms with E-state index in [0.29, 0.717) is 5.92 Å². The zero-order valence-corrected chi connectivity index (χ0v) is 14.5. The Labute approximate surface area is 135 Å². The first-order valence-electron chi connectivity index (χ1n) is 8.57. The van der Waals surface area contributed by atoms with Crippen LogP contribution in [0.1, 0.15) is 45.4 Å². The van der Waals surface area contributed by atoms with Crippen LogP contribution < -0.4 is 0 Å². The van der Waals surface area contributed by atoms with Crippen LogP contribution in [0.15, 0.2) is 0 Å². The molecule has 0 aliphatic carbocycles. The van der Waals surface area contributed by atoms with E-state index in [4.69, 9.17) is 14.2 Å². The second-order valence-electron chi connectivity index (χ2n) is 6.48. The third-order valence-corrected chi connectivity index (χ3v) is 3.91. The van der Waals surface area contributed by atoms with Crippen molar-refractivity contribution in [2.45, 2.75) is 51.7 Å². The van der Waals surface area contributed by atoms with Gasteiger partial charge in [0.25, 0.3) is 0 Å². The fourth-order valence-electron chi connectivity index (χ4n) is 2.45. The Morgan fingerprint density at radius 3 is 2.41 bits per heavy atom. The molecule has 0 aromatic carbocycles. The highest BCUT2D eigenvalue weighted by atomic mass is 16.7. The van der Waals surface area contributed by atoms with Crippen LogP contribution in [0.2, 0.25) is 0 Å². The van der Waals surface area contributed by atoms with E-state index in [2.05, 4.69) is 25.9 Å². The first-order valence-corrected chi connectivity index (χ1v) is 8.57. The van der Waals surface area contributed by atoms with Crippen LogP contribution in [0.25, 0.3) is 0 Å². The number of ketones is 1. The molecule has 0 radical (unpaired) electrons. The van der Waals surface area contributed by atoms with Crippen molar-refractivity contribution in [2.24, 2.45) is 5.92 Å². The summed E-state index contributed by atoms with van der Waals surface area (Å²) in [6.07, 6.45) is 6.99. The molecular weight excluding hydrogens is 282 g/mol. The zero-order valence-electron chi connectivity index (χ0n) is 14.5. The molecule has 5 heteroatoms. The predicted molar refractivity (Wildman–Crippen MR) is 86.9 cm³/mol. The van der Waals surface area contributed by atoms with Crippen molar-refractivity contribution in [1.29, 1.82) is 0 Å². The van der Waals surface area contributed by atoms with Gasteiger partial charge in [-0.05, 0) is 26.9 Å². The third kappa shape index (κ3) is 9.51. The summed E-state index contributed by atoms with van der Waals surface area (Å²) in [6.45, 7) is 5.26. The molecule has 1 rings (SSSR count). The lowest BCUT2D eigenvalue weighted by molar-refractivity contribution is -0.202. The molecule has 0 aromatic rings. The van der Waals surface area contributed by atoms with Crippen LogP contribution >= 0.6 is 0 Å². The number of hydrogen-bond donors (Lipinski definition) is 0. The largest absolute Gasteiger partial charge is 0.380 e. The summed E-state index contributed by atoms with van der Waals surface area (Å²) in [6, 6.07) is 0. The summed E-state index contributed by atoms with van der Waals surface area (Å²) in [5, 5.41) is 0. The number of Topliss-reactive ketones (excluding diaryl/α,β-unsaturated/α-hetero) is 1. The standard InChI is InChI=1S/C17H33NO4/c1-15(17-21-13-16(19)14-22-17)9-7-5-4-6-8-11-20-12-10-18(2)3/h15,17H,4-14H2,1-3H3. The lowest BCUT2D eigenvalue weighted by atomic mass is 10.0. The highest BCUT2D eigenvalue weighted by molar-refractivity contribution is 5.81. The van der Waals surface area contributed by atoms with Gasteiger partial charge in [0.05, 0.1) is 6.61 Å². The first kappa shape index (κ1) is 19.6. The molecular formula is C17H33NO4. The molecule has 1 fully saturated rings. The molecule has 1 unspecified atom stereocenters.